The van der Waals surface area contributed by atoms with Crippen LogP contribution in [-0.4, -0.2) is 43.7 Å². The maximum absolute atomic E-state index is 11.8. The zero-order valence-corrected chi connectivity index (χ0v) is 12.8. The third-order valence-corrected chi connectivity index (χ3v) is 3.65. The van der Waals surface area contributed by atoms with E-state index in [1.807, 2.05) is 6.92 Å². The van der Waals surface area contributed by atoms with Crippen LogP contribution in [0.3, 0.4) is 0 Å². The van der Waals surface area contributed by atoms with Gasteiger partial charge in [-0.05, 0) is 13.3 Å². The molecule has 122 valence electrons. The van der Waals surface area contributed by atoms with Gasteiger partial charge in [0.25, 0.3) is 5.56 Å². The van der Waals surface area contributed by atoms with Gasteiger partial charge in [0.2, 0.25) is 0 Å². The Morgan fingerprint density at radius 3 is 2.91 bits per heavy atom. The van der Waals surface area contributed by atoms with E-state index in [1.54, 1.807) is 17.7 Å². The maximum Gasteiger partial charge on any atom is 0.276 e. The smallest absolute Gasteiger partial charge is 0.276 e. The summed E-state index contributed by atoms with van der Waals surface area (Å²) in [6.07, 6.45) is 2.58. The minimum atomic E-state index is -0.782. The second-order valence-corrected chi connectivity index (χ2v) is 5.50. The Bertz CT molecular complexity index is 610. The summed E-state index contributed by atoms with van der Waals surface area (Å²) in [5.74, 6) is 0.404. The van der Waals surface area contributed by atoms with Crippen LogP contribution in [0, 0.1) is 6.92 Å². The predicted octanol–water partition coefficient (Wildman–Crippen LogP) is 0.891. The van der Waals surface area contributed by atoms with Gasteiger partial charge in [-0.3, -0.25) is 4.79 Å². The van der Waals surface area contributed by atoms with E-state index in [0.29, 0.717) is 12.0 Å². The number of rotatable bonds is 5. The summed E-state index contributed by atoms with van der Waals surface area (Å²) in [5, 5.41) is 28.9. The molecule has 1 aromatic rings. The molecule has 0 radical (unpaired) electrons. The van der Waals surface area contributed by atoms with Crippen LogP contribution in [-0.2, 0) is 4.74 Å². The Kier molecular flexibility index (Phi) is 5.33. The lowest BCUT2D eigenvalue weighted by Gasteiger charge is -2.18. The number of ether oxygens (including phenoxy) is 1. The van der Waals surface area contributed by atoms with E-state index in [1.165, 1.54) is 6.08 Å². The largest absolute Gasteiger partial charge is 0.512 e. The summed E-state index contributed by atoms with van der Waals surface area (Å²) in [5.41, 5.74) is 0.0710. The highest BCUT2D eigenvalue weighted by atomic mass is 16.5. The van der Waals surface area contributed by atoms with Crippen LogP contribution in [0.25, 0.3) is 6.08 Å². The van der Waals surface area contributed by atoms with Crippen molar-refractivity contribution in [1.29, 1.82) is 0 Å². The van der Waals surface area contributed by atoms with Gasteiger partial charge < -0.3 is 24.6 Å². The van der Waals surface area contributed by atoms with Crippen LogP contribution in [0.2, 0.25) is 0 Å². The van der Waals surface area contributed by atoms with Crippen LogP contribution in [0.15, 0.2) is 16.8 Å². The number of allylic oxidation sites excluding steroid dienone is 1. The fraction of sp³-hybridized carbons (Fsp3) is 0.600. The van der Waals surface area contributed by atoms with E-state index >= 15 is 0 Å². The van der Waals surface area contributed by atoms with Crippen molar-refractivity contribution in [3.8, 4) is 0 Å². The molecule has 0 aromatic carbocycles. The number of nitrogens with zero attached hydrogens (tertiary/aromatic N) is 2. The number of aliphatic hydroxyl groups is 3. The van der Waals surface area contributed by atoms with Crippen molar-refractivity contribution in [1.82, 2.24) is 9.55 Å². The van der Waals surface area contributed by atoms with Crippen LogP contribution in [0.1, 0.15) is 43.8 Å². The first-order chi connectivity index (χ1) is 10.5. The highest BCUT2D eigenvalue weighted by Gasteiger charge is 2.35. The molecule has 3 atom stereocenters. The first-order valence-electron chi connectivity index (χ1n) is 7.40. The van der Waals surface area contributed by atoms with Crippen molar-refractivity contribution >= 4 is 6.08 Å². The summed E-state index contributed by atoms with van der Waals surface area (Å²) in [6.45, 7) is 3.29. The second-order valence-electron chi connectivity index (χ2n) is 5.50. The van der Waals surface area contributed by atoms with E-state index in [-0.39, 0.29) is 30.2 Å². The Morgan fingerprint density at radius 1 is 1.59 bits per heavy atom. The van der Waals surface area contributed by atoms with Crippen molar-refractivity contribution < 1.29 is 20.1 Å². The lowest BCUT2D eigenvalue weighted by molar-refractivity contribution is -0.0451. The first-order valence-corrected chi connectivity index (χ1v) is 7.40. The maximum atomic E-state index is 11.8. The van der Waals surface area contributed by atoms with Gasteiger partial charge in [-0.15, -0.1) is 0 Å². The molecule has 1 saturated heterocycles. The summed E-state index contributed by atoms with van der Waals surface area (Å²) in [6, 6.07) is 0. The van der Waals surface area contributed by atoms with Gasteiger partial charge in [0.15, 0.2) is 0 Å². The first kappa shape index (κ1) is 16.7. The average molecular weight is 310 g/mol. The lowest BCUT2D eigenvalue weighted by atomic mass is 10.2. The van der Waals surface area contributed by atoms with Crippen LogP contribution in [0.4, 0.5) is 0 Å². The molecule has 0 unspecified atom stereocenters. The Balaban J connectivity index is 2.40. The van der Waals surface area contributed by atoms with E-state index in [0.717, 1.165) is 6.42 Å². The summed E-state index contributed by atoms with van der Waals surface area (Å²) < 4.78 is 7.21. The van der Waals surface area contributed by atoms with E-state index in [9.17, 15) is 20.1 Å². The molecule has 7 nitrogen and oxygen atoms in total. The molecule has 0 spiro atoms. The molecule has 2 heterocycles. The van der Waals surface area contributed by atoms with Gasteiger partial charge in [0.1, 0.15) is 18.2 Å². The predicted molar refractivity (Wildman–Crippen MR) is 80.4 cm³/mol. The minimum Gasteiger partial charge on any atom is -0.512 e. The van der Waals surface area contributed by atoms with E-state index in [4.69, 9.17) is 4.74 Å². The average Bonchev–Trinajstić information content (AvgIpc) is 2.83. The van der Waals surface area contributed by atoms with Crippen LogP contribution in [0.5, 0.6) is 0 Å². The number of aromatic nitrogens is 2. The fourth-order valence-electron chi connectivity index (χ4n) is 2.44. The molecule has 22 heavy (non-hydrogen) atoms. The molecule has 0 aliphatic carbocycles. The summed E-state index contributed by atoms with van der Waals surface area (Å²) in [7, 11) is 0. The minimum absolute atomic E-state index is 0.129. The Morgan fingerprint density at radius 2 is 2.32 bits per heavy atom. The molecule has 0 bridgehead atoms. The van der Waals surface area contributed by atoms with Gasteiger partial charge in [0, 0.05) is 30.7 Å². The quantitative estimate of drug-likeness (QED) is 0.698. The Labute approximate surface area is 128 Å². The molecule has 1 aliphatic rings. The van der Waals surface area contributed by atoms with Crippen molar-refractivity contribution in [3.63, 3.8) is 0 Å². The molecule has 7 heteroatoms. The standard InChI is InChI=1S/C15H22N2O5/c1-3-4-10(19)5-13-16-15(21)9(2)7-17(13)14-6-11(20)12(8-18)22-14/h5,7,11-12,14,18-20H,3-4,6,8H2,1-2H3/b10-5+/t11-,12+,14+/m0/s1. The third kappa shape index (κ3) is 3.55. The SMILES string of the molecule is CCC/C(O)=C\c1nc(=O)c(C)cn1[C@H]1C[C@H](O)[C@@H](CO)O1. The molecule has 3 N–H and O–H groups in total. The van der Waals surface area contributed by atoms with Gasteiger partial charge >= 0.3 is 0 Å². The Hall–Kier alpha value is -1.70. The van der Waals surface area contributed by atoms with Crippen LogP contribution < -0.4 is 5.56 Å². The molecule has 0 amide bonds. The van der Waals surface area contributed by atoms with Gasteiger partial charge in [-0.25, -0.2) is 0 Å². The van der Waals surface area contributed by atoms with Gasteiger partial charge in [-0.1, -0.05) is 6.92 Å². The molecular weight excluding hydrogens is 288 g/mol. The van der Waals surface area contributed by atoms with E-state index < -0.39 is 18.4 Å². The number of hydrogen-bond acceptors (Lipinski definition) is 6. The molecule has 2 rings (SSSR count). The van der Waals surface area contributed by atoms with Crippen molar-refractivity contribution in [2.75, 3.05) is 6.61 Å². The van der Waals surface area contributed by atoms with Crippen molar-refractivity contribution in [2.24, 2.45) is 0 Å². The normalized spacial score (nSPS) is 25.6. The number of aryl methyl sites for hydroxylation is 1. The van der Waals surface area contributed by atoms with Crippen molar-refractivity contribution in [3.05, 3.63) is 33.7 Å². The third-order valence-electron chi connectivity index (χ3n) is 3.65. The highest BCUT2D eigenvalue weighted by molar-refractivity contribution is 5.43. The zero-order valence-electron chi connectivity index (χ0n) is 12.8. The lowest BCUT2D eigenvalue weighted by Crippen LogP contribution is -2.24. The monoisotopic (exact) mass is 310 g/mol. The molecule has 1 fully saturated rings. The van der Waals surface area contributed by atoms with Crippen molar-refractivity contribution in [2.45, 2.75) is 51.5 Å². The summed E-state index contributed by atoms with van der Waals surface area (Å²) >= 11 is 0. The van der Waals surface area contributed by atoms with E-state index in [2.05, 4.69) is 4.98 Å². The summed E-state index contributed by atoms with van der Waals surface area (Å²) in [4.78, 5) is 15.7. The van der Waals surface area contributed by atoms with Gasteiger partial charge in [-0.2, -0.15) is 4.98 Å². The zero-order chi connectivity index (χ0) is 16.3. The number of aliphatic hydroxyl groups excluding tert-OH is 3. The molecule has 0 saturated carbocycles. The number of hydrogen-bond donors (Lipinski definition) is 3. The second kappa shape index (κ2) is 7.04. The molecule has 1 aliphatic heterocycles. The highest BCUT2D eigenvalue weighted by Crippen LogP contribution is 2.29. The molecule has 1 aromatic heterocycles. The molecular formula is C15H22N2O5. The van der Waals surface area contributed by atoms with Crippen LogP contribution >= 0.6 is 0 Å². The fourth-order valence-corrected chi connectivity index (χ4v) is 2.44. The van der Waals surface area contributed by atoms with Gasteiger partial charge in [0.05, 0.1) is 18.5 Å². The topological polar surface area (TPSA) is 105 Å².